The number of rotatable bonds is 6. The van der Waals surface area contributed by atoms with Crippen molar-refractivity contribution in [2.75, 3.05) is 10.6 Å². The van der Waals surface area contributed by atoms with Crippen molar-refractivity contribution in [1.82, 2.24) is 0 Å². The van der Waals surface area contributed by atoms with Crippen molar-refractivity contribution in [3.8, 4) is 0 Å². The molecule has 1 aromatic rings. The number of anilines is 2. The summed E-state index contributed by atoms with van der Waals surface area (Å²) in [5, 5.41) is 13.4. The summed E-state index contributed by atoms with van der Waals surface area (Å²) in [7, 11) is 0. The molecule has 5 N–H and O–H groups in total. The van der Waals surface area contributed by atoms with E-state index in [-0.39, 0.29) is 25.2 Å². The second kappa shape index (κ2) is 7.00. The first-order valence-corrected chi connectivity index (χ1v) is 5.65. The molecular weight excluding hydrogens is 250 g/mol. The predicted octanol–water partition coefficient (Wildman–Crippen LogP) is 1.37. The first-order valence-electron chi connectivity index (χ1n) is 5.65. The van der Waals surface area contributed by atoms with Crippen LogP contribution in [0.15, 0.2) is 24.3 Å². The Morgan fingerprint density at radius 3 is 2.32 bits per heavy atom. The Kier molecular flexibility index (Phi) is 5.34. The molecule has 0 fully saturated rings. The largest absolute Gasteiger partial charge is 0.481 e. The molecule has 0 atom stereocenters. The molecule has 0 aliphatic heterocycles. The van der Waals surface area contributed by atoms with Gasteiger partial charge in [-0.25, -0.2) is 4.79 Å². The molecule has 0 bridgehead atoms. The normalized spacial score (nSPS) is 9.68. The number of benzene rings is 1. The molecule has 0 saturated carbocycles. The van der Waals surface area contributed by atoms with Gasteiger partial charge in [-0.15, -0.1) is 0 Å². The fourth-order valence-corrected chi connectivity index (χ4v) is 1.44. The van der Waals surface area contributed by atoms with Crippen LogP contribution in [0.25, 0.3) is 0 Å². The van der Waals surface area contributed by atoms with Crippen LogP contribution in [0.1, 0.15) is 19.3 Å². The lowest BCUT2D eigenvalue weighted by molar-refractivity contribution is -0.137. The topological polar surface area (TPSA) is 122 Å². The summed E-state index contributed by atoms with van der Waals surface area (Å²) in [4.78, 5) is 32.5. The van der Waals surface area contributed by atoms with E-state index < -0.39 is 12.0 Å². The Balaban J connectivity index is 2.49. The maximum Gasteiger partial charge on any atom is 0.316 e. The predicted molar refractivity (Wildman–Crippen MR) is 69.8 cm³/mol. The number of carboxylic acid groups (broad SMARTS) is 1. The number of urea groups is 1. The van der Waals surface area contributed by atoms with Gasteiger partial charge in [0.15, 0.2) is 0 Å². The van der Waals surface area contributed by atoms with Gasteiger partial charge in [-0.1, -0.05) is 6.07 Å². The fourth-order valence-electron chi connectivity index (χ4n) is 1.44. The average molecular weight is 265 g/mol. The van der Waals surface area contributed by atoms with Gasteiger partial charge >= 0.3 is 12.0 Å². The van der Waals surface area contributed by atoms with Gasteiger partial charge in [-0.3, -0.25) is 9.59 Å². The number of carbonyl (C=O) groups excluding carboxylic acids is 2. The second-order valence-corrected chi connectivity index (χ2v) is 3.87. The minimum absolute atomic E-state index is 0.0449. The Bertz CT molecular complexity index is 488. The molecule has 0 radical (unpaired) electrons. The zero-order chi connectivity index (χ0) is 14.3. The molecule has 0 spiro atoms. The molecule has 1 rings (SSSR count). The third-order valence-corrected chi connectivity index (χ3v) is 2.21. The number of hydrogen-bond acceptors (Lipinski definition) is 3. The number of hydrogen-bond donors (Lipinski definition) is 4. The minimum Gasteiger partial charge on any atom is -0.481 e. The lowest BCUT2D eigenvalue weighted by Crippen LogP contribution is -2.19. The molecule has 19 heavy (non-hydrogen) atoms. The van der Waals surface area contributed by atoms with Crippen molar-refractivity contribution in [2.24, 2.45) is 5.73 Å². The van der Waals surface area contributed by atoms with Crippen molar-refractivity contribution >= 4 is 29.3 Å². The molecule has 7 nitrogen and oxygen atoms in total. The highest BCUT2D eigenvalue weighted by molar-refractivity contribution is 5.93. The number of carboxylic acids is 1. The SMILES string of the molecule is NC(=O)Nc1cccc(NC(=O)CCCC(=O)O)c1. The Morgan fingerprint density at radius 1 is 1.11 bits per heavy atom. The van der Waals surface area contributed by atoms with Gasteiger partial charge in [-0.2, -0.15) is 0 Å². The van der Waals surface area contributed by atoms with Crippen LogP contribution in [0.4, 0.5) is 16.2 Å². The molecule has 3 amide bonds. The molecule has 7 heteroatoms. The van der Waals surface area contributed by atoms with E-state index in [4.69, 9.17) is 10.8 Å². The third kappa shape index (κ3) is 6.06. The summed E-state index contributed by atoms with van der Waals surface area (Å²) >= 11 is 0. The third-order valence-electron chi connectivity index (χ3n) is 2.21. The van der Waals surface area contributed by atoms with E-state index in [1.165, 1.54) is 0 Å². The molecule has 0 aliphatic rings. The van der Waals surface area contributed by atoms with Crippen molar-refractivity contribution < 1.29 is 19.5 Å². The Morgan fingerprint density at radius 2 is 1.74 bits per heavy atom. The molecule has 1 aromatic carbocycles. The molecule has 0 unspecified atom stereocenters. The summed E-state index contributed by atoms with van der Waals surface area (Å²) in [6.45, 7) is 0. The number of aliphatic carboxylic acids is 1. The minimum atomic E-state index is -0.930. The highest BCUT2D eigenvalue weighted by Gasteiger charge is 2.05. The summed E-state index contributed by atoms with van der Waals surface area (Å²) in [5.41, 5.74) is 5.95. The Hall–Kier alpha value is -2.57. The van der Waals surface area contributed by atoms with E-state index in [1.807, 2.05) is 0 Å². The first-order chi connectivity index (χ1) is 8.97. The van der Waals surface area contributed by atoms with Crippen LogP contribution in [0.5, 0.6) is 0 Å². The lowest BCUT2D eigenvalue weighted by atomic mass is 10.2. The maximum absolute atomic E-state index is 11.5. The number of amides is 3. The summed E-state index contributed by atoms with van der Waals surface area (Å²) in [6.07, 6.45) is 0.358. The average Bonchev–Trinajstić information content (AvgIpc) is 2.27. The fraction of sp³-hybridized carbons (Fsp3) is 0.250. The van der Waals surface area contributed by atoms with Crippen LogP contribution >= 0.6 is 0 Å². The number of carbonyl (C=O) groups is 3. The van der Waals surface area contributed by atoms with Crippen molar-refractivity contribution in [3.05, 3.63) is 24.3 Å². The van der Waals surface area contributed by atoms with E-state index in [9.17, 15) is 14.4 Å². The summed E-state index contributed by atoms with van der Waals surface area (Å²) in [5.74, 6) is -1.21. The highest BCUT2D eigenvalue weighted by Crippen LogP contribution is 2.15. The standard InChI is InChI=1S/C12H15N3O4/c13-12(19)15-9-4-1-3-8(7-9)14-10(16)5-2-6-11(17)18/h1,3-4,7H,2,5-6H2,(H,14,16)(H,17,18)(H3,13,15,19). The molecule has 0 saturated heterocycles. The summed E-state index contributed by atoms with van der Waals surface area (Å²) in [6, 6.07) is 5.80. The molecular formula is C12H15N3O4. The molecule has 0 aromatic heterocycles. The van der Waals surface area contributed by atoms with E-state index in [1.54, 1.807) is 24.3 Å². The Labute approximate surface area is 109 Å². The van der Waals surface area contributed by atoms with Crippen molar-refractivity contribution in [3.63, 3.8) is 0 Å². The van der Waals surface area contributed by atoms with E-state index in [0.29, 0.717) is 11.4 Å². The van der Waals surface area contributed by atoms with Gasteiger partial charge in [0.2, 0.25) is 5.91 Å². The van der Waals surface area contributed by atoms with E-state index >= 15 is 0 Å². The van der Waals surface area contributed by atoms with E-state index in [0.717, 1.165) is 0 Å². The summed E-state index contributed by atoms with van der Waals surface area (Å²) < 4.78 is 0. The van der Waals surface area contributed by atoms with Gasteiger partial charge < -0.3 is 21.5 Å². The number of nitrogens with two attached hydrogens (primary N) is 1. The van der Waals surface area contributed by atoms with Gasteiger partial charge in [0.25, 0.3) is 0 Å². The first kappa shape index (κ1) is 14.5. The number of primary amides is 1. The van der Waals surface area contributed by atoms with Gasteiger partial charge in [0.1, 0.15) is 0 Å². The van der Waals surface area contributed by atoms with Crippen LogP contribution in [0.3, 0.4) is 0 Å². The zero-order valence-corrected chi connectivity index (χ0v) is 10.2. The quantitative estimate of drug-likeness (QED) is 0.620. The van der Waals surface area contributed by atoms with Crippen LogP contribution in [-0.2, 0) is 9.59 Å². The zero-order valence-electron chi connectivity index (χ0n) is 10.2. The van der Waals surface area contributed by atoms with Crippen LogP contribution in [0, 0.1) is 0 Å². The van der Waals surface area contributed by atoms with E-state index in [2.05, 4.69) is 10.6 Å². The van der Waals surface area contributed by atoms with Crippen LogP contribution in [0.2, 0.25) is 0 Å². The molecule has 102 valence electrons. The smallest absolute Gasteiger partial charge is 0.316 e. The van der Waals surface area contributed by atoms with Gasteiger partial charge in [0.05, 0.1) is 0 Å². The van der Waals surface area contributed by atoms with Crippen molar-refractivity contribution in [2.45, 2.75) is 19.3 Å². The maximum atomic E-state index is 11.5. The molecule has 0 aliphatic carbocycles. The lowest BCUT2D eigenvalue weighted by Gasteiger charge is -2.07. The monoisotopic (exact) mass is 265 g/mol. The van der Waals surface area contributed by atoms with Gasteiger partial charge in [-0.05, 0) is 24.6 Å². The number of nitrogens with one attached hydrogen (secondary N) is 2. The van der Waals surface area contributed by atoms with Crippen molar-refractivity contribution in [1.29, 1.82) is 0 Å². The second-order valence-electron chi connectivity index (χ2n) is 3.87. The highest BCUT2D eigenvalue weighted by atomic mass is 16.4. The van der Waals surface area contributed by atoms with Gasteiger partial charge in [0, 0.05) is 24.2 Å². The molecule has 0 heterocycles. The van der Waals surface area contributed by atoms with Crippen LogP contribution < -0.4 is 16.4 Å². The van der Waals surface area contributed by atoms with Crippen LogP contribution in [-0.4, -0.2) is 23.0 Å².